The molecule has 0 aliphatic rings. The van der Waals surface area contributed by atoms with E-state index in [0.717, 1.165) is 0 Å². The highest BCUT2D eigenvalue weighted by Gasteiger charge is 2.36. The normalized spacial score (nSPS) is 12.7. The molecular formula is C22H30N2O6S. The van der Waals surface area contributed by atoms with Crippen molar-refractivity contribution in [2.45, 2.75) is 38.1 Å². The number of ether oxygens (including phenoxy) is 2. The molecule has 0 amide bonds. The molecule has 0 N–H and O–H groups in total. The summed E-state index contributed by atoms with van der Waals surface area (Å²) in [6.45, 7) is 5.43. The average Bonchev–Trinajstić information content (AvgIpc) is 2.98. The van der Waals surface area contributed by atoms with Crippen molar-refractivity contribution in [2.24, 2.45) is 7.05 Å². The van der Waals surface area contributed by atoms with Gasteiger partial charge in [0.15, 0.2) is 5.78 Å². The molecule has 1 unspecified atom stereocenters. The van der Waals surface area contributed by atoms with Crippen molar-refractivity contribution < 1.29 is 27.5 Å². The standard InChI is InChI=1S/C22H30N2O6S/c1-15-19(16(2)23(4)20(15)22(26)30-6)21(25)17(3)24(13-10-14-29-5)31(27,28)18-11-8-7-9-12-18/h7-9,11-12,17H,10,13-14H2,1-6H3. The number of carbonyl (C=O) groups excluding carboxylic acids is 2. The lowest BCUT2D eigenvalue weighted by molar-refractivity contribution is 0.0588. The van der Waals surface area contributed by atoms with Gasteiger partial charge in [0, 0.05) is 38.6 Å². The van der Waals surface area contributed by atoms with Crippen molar-refractivity contribution in [1.82, 2.24) is 8.87 Å². The summed E-state index contributed by atoms with van der Waals surface area (Å²) >= 11 is 0. The van der Waals surface area contributed by atoms with E-state index in [4.69, 9.17) is 9.47 Å². The Kier molecular flexibility index (Phi) is 8.16. The highest BCUT2D eigenvalue weighted by molar-refractivity contribution is 7.89. The van der Waals surface area contributed by atoms with Crippen molar-refractivity contribution in [3.63, 3.8) is 0 Å². The van der Waals surface area contributed by atoms with E-state index in [2.05, 4.69) is 0 Å². The van der Waals surface area contributed by atoms with Crippen LogP contribution in [0.1, 0.15) is 45.4 Å². The monoisotopic (exact) mass is 450 g/mol. The Balaban J connectivity index is 2.52. The number of Topliss-reactive ketones (excluding diaryl/α,β-unsaturated/α-hetero) is 1. The van der Waals surface area contributed by atoms with E-state index < -0.39 is 22.0 Å². The van der Waals surface area contributed by atoms with Crippen LogP contribution in [0.4, 0.5) is 0 Å². The zero-order valence-corrected chi connectivity index (χ0v) is 19.7. The number of rotatable bonds is 10. The van der Waals surface area contributed by atoms with Crippen LogP contribution in [-0.2, 0) is 26.5 Å². The van der Waals surface area contributed by atoms with Gasteiger partial charge in [-0.05, 0) is 44.9 Å². The molecule has 9 heteroatoms. The number of sulfonamides is 1. The van der Waals surface area contributed by atoms with Crippen LogP contribution in [-0.4, -0.2) is 62.5 Å². The Hall–Kier alpha value is -2.49. The number of ketones is 1. The molecule has 1 atom stereocenters. The largest absolute Gasteiger partial charge is 0.464 e. The van der Waals surface area contributed by atoms with E-state index in [1.165, 1.54) is 30.7 Å². The third-order valence-corrected chi connectivity index (χ3v) is 7.43. The molecule has 2 rings (SSSR count). The van der Waals surface area contributed by atoms with Gasteiger partial charge in [-0.15, -0.1) is 0 Å². The van der Waals surface area contributed by atoms with Crippen LogP contribution in [0.2, 0.25) is 0 Å². The second-order valence-electron chi connectivity index (χ2n) is 7.30. The van der Waals surface area contributed by atoms with Gasteiger partial charge in [0.05, 0.1) is 18.0 Å². The van der Waals surface area contributed by atoms with E-state index in [1.54, 1.807) is 50.6 Å². The predicted molar refractivity (Wildman–Crippen MR) is 117 cm³/mol. The molecule has 8 nitrogen and oxygen atoms in total. The van der Waals surface area contributed by atoms with Crippen molar-refractivity contribution in [1.29, 1.82) is 0 Å². The van der Waals surface area contributed by atoms with Gasteiger partial charge in [0.1, 0.15) is 5.69 Å². The van der Waals surface area contributed by atoms with Crippen molar-refractivity contribution in [3.05, 3.63) is 52.8 Å². The van der Waals surface area contributed by atoms with Crippen LogP contribution >= 0.6 is 0 Å². The molecule has 0 bridgehead atoms. The SMILES string of the molecule is COCCCN(C(C)C(=O)c1c(C)c(C(=O)OC)n(C)c1C)S(=O)(=O)c1ccccc1. The first-order valence-electron chi connectivity index (χ1n) is 9.93. The summed E-state index contributed by atoms with van der Waals surface area (Å²) in [5, 5.41) is 0. The van der Waals surface area contributed by atoms with E-state index in [-0.39, 0.29) is 22.9 Å². The topological polar surface area (TPSA) is 94.9 Å². The highest BCUT2D eigenvalue weighted by Crippen LogP contribution is 2.27. The van der Waals surface area contributed by atoms with E-state index in [1.807, 2.05) is 0 Å². The number of nitrogens with zero attached hydrogens (tertiary/aromatic N) is 2. The Morgan fingerprint density at radius 1 is 1.13 bits per heavy atom. The predicted octanol–water partition coefficient (Wildman–Crippen LogP) is 2.73. The van der Waals surface area contributed by atoms with Gasteiger partial charge in [-0.2, -0.15) is 4.31 Å². The number of aromatic nitrogens is 1. The first-order chi connectivity index (χ1) is 14.6. The zero-order chi connectivity index (χ0) is 23.3. The quantitative estimate of drug-likeness (QED) is 0.314. The van der Waals surface area contributed by atoms with Crippen LogP contribution in [0, 0.1) is 13.8 Å². The molecule has 2 aromatic rings. The van der Waals surface area contributed by atoms with Crippen LogP contribution in [0.15, 0.2) is 35.2 Å². The fourth-order valence-electron chi connectivity index (χ4n) is 3.68. The molecule has 0 aliphatic carbocycles. The maximum atomic E-state index is 13.5. The van der Waals surface area contributed by atoms with Gasteiger partial charge in [0.2, 0.25) is 10.0 Å². The number of hydrogen-bond donors (Lipinski definition) is 0. The third-order valence-electron chi connectivity index (χ3n) is 5.44. The minimum absolute atomic E-state index is 0.115. The fraction of sp³-hybridized carbons (Fsp3) is 0.455. The summed E-state index contributed by atoms with van der Waals surface area (Å²) in [5.41, 5.74) is 1.64. The van der Waals surface area contributed by atoms with E-state index in [9.17, 15) is 18.0 Å². The second kappa shape index (κ2) is 10.2. The van der Waals surface area contributed by atoms with Crippen LogP contribution < -0.4 is 0 Å². The number of benzene rings is 1. The van der Waals surface area contributed by atoms with Crippen molar-refractivity contribution in [2.75, 3.05) is 27.4 Å². The van der Waals surface area contributed by atoms with E-state index >= 15 is 0 Å². The molecule has 1 heterocycles. The smallest absolute Gasteiger partial charge is 0.354 e. The number of methoxy groups -OCH3 is 2. The molecule has 0 saturated heterocycles. The summed E-state index contributed by atoms with van der Waals surface area (Å²) in [5.74, 6) is -0.929. The summed E-state index contributed by atoms with van der Waals surface area (Å²) < 4.78 is 39.4. The molecule has 0 aliphatic heterocycles. The maximum absolute atomic E-state index is 13.5. The first kappa shape index (κ1) is 24.8. The maximum Gasteiger partial charge on any atom is 0.354 e. The lowest BCUT2D eigenvalue weighted by atomic mass is 10.0. The van der Waals surface area contributed by atoms with Gasteiger partial charge in [-0.1, -0.05) is 18.2 Å². The van der Waals surface area contributed by atoms with Gasteiger partial charge in [-0.3, -0.25) is 4.79 Å². The van der Waals surface area contributed by atoms with Crippen LogP contribution in [0.25, 0.3) is 0 Å². The molecule has 0 spiro atoms. The minimum atomic E-state index is -3.93. The summed E-state index contributed by atoms with van der Waals surface area (Å²) in [6, 6.07) is 7.04. The molecule has 0 saturated carbocycles. The van der Waals surface area contributed by atoms with Gasteiger partial charge >= 0.3 is 5.97 Å². The lowest BCUT2D eigenvalue weighted by Crippen LogP contribution is -2.44. The summed E-state index contributed by atoms with van der Waals surface area (Å²) in [4.78, 5) is 25.8. The van der Waals surface area contributed by atoms with Gasteiger partial charge < -0.3 is 14.0 Å². The summed E-state index contributed by atoms with van der Waals surface area (Å²) in [6.07, 6.45) is 0.431. The first-order valence-corrected chi connectivity index (χ1v) is 11.4. The Labute approximate surface area is 183 Å². The van der Waals surface area contributed by atoms with Crippen molar-refractivity contribution >= 4 is 21.8 Å². The molecule has 1 aromatic heterocycles. The fourth-order valence-corrected chi connectivity index (χ4v) is 5.33. The van der Waals surface area contributed by atoms with Crippen LogP contribution in [0.5, 0.6) is 0 Å². The van der Waals surface area contributed by atoms with Gasteiger partial charge in [0.25, 0.3) is 0 Å². The highest BCUT2D eigenvalue weighted by atomic mass is 32.2. The Morgan fingerprint density at radius 3 is 2.29 bits per heavy atom. The Bertz CT molecular complexity index is 1040. The summed E-state index contributed by atoms with van der Waals surface area (Å²) in [7, 11) is 0.562. The van der Waals surface area contributed by atoms with Crippen LogP contribution in [0.3, 0.4) is 0 Å². The second-order valence-corrected chi connectivity index (χ2v) is 9.19. The molecule has 1 aromatic carbocycles. The van der Waals surface area contributed by atoms with Crippen molar-refractivity contribution in [3.8, 4) is 0 Å². The molecular weight excluding hydrogens is 420 g/mol. The molecule has 0 radical (unpaired) electrons. The molecule has 0 fully saturated rings. The third kappa shape index (κ3) is 4.89. The number of carbonyl (C=O) groups is 2. The molecule has 170 valence electrons. The molecule has 31 heavy (non-hydrogen) atoms. The van der Waals surface area contributed by atoms with E-state index in [0.29, 0.717) is 29.8 Å². The number of esters is 1. The average molecular weight is 451 g/mol. The zero-order valence-electron chi connectivity index (χ0n) is 18.8. The lowest BCUT2D eigenvalue weighted by Gasteiger charge is -2.28. The Morgan fingerprint density at radius 2 is 1.74 bits per heavy atom. The minimum Gasteiger partial charge on any atom is -0.464 e. The number of hydrogen-bond acceptors (Lipinski definition) is 6. The van der Waals surface area contributed by atoms with Gasteiger partial charge in [-0.25, -0.2) is 13.2 Å².